The largest absolute Gasteiger partial charge is 0.339 e. The molecule has 2 aromatic rings. The predicted molar refractivity (Wildman–Crippen MR) is 65.8 cm³/mol. The van der Waals surface area contributed by atoms with Gasteiger partial charge in [0.25, 0.3) is 0 Å². The third kappa shape index (κ3) is 1.70. The minimum atomic E-state index is 0.162. The summed E-state index contributed by atoms with van der Waals surface area (Å²) in [5.41, 5.74) is 1.87. The average molecular weight is 231 g/mol. The fourth-order valence-electron chi connectivity index (χ4n) is 2.77. The van der Waals surface area contributed by atoms with Crippen molar-refractivity contribution in [3.05, 3.63) is 18.3 Å². The lowest BCUT2D eigenvalue weighted by Crippen LogP contribution is -2.30. The predicted octanol–water partition coefficient (Wildman–Crippen LogP) is 1.38. The van der Waals surface area contributed by atoms with Crippen molar-refractivity contribution < 1.29 is 0 Å². The molecule has 0 aliphatic carbocycles. The van der Waals surface area contributed by atoms with E-state index in [-0.39, 0.29) is 5.41 Å². The van der Waals surface area contributed by atoms with Crippen LogP contribution in [0.2, 0.25) is 0 Å². The first-order chi connectivity index (χ1) is 8.34. The number of aromatic nitrogens is 4. The first-order valence-electron chi connectivity index (χ1n) is 6.21. The summed E-state index contributed by atoms with van der Waals surface area (Å²) < 4.78 is 0. The Labute approximate surface area is 100 Å². The topological polar surface area (TPSA) is 66.5 Å². The highest BCUT2D eigenvalue weighted by Crippen LogP contribution is 2.34. The van der Waals surface area contributed by atoms with E-state index in [0.717, 1.165) is 42.9 Å². The lowest BCUT2D eigenvalue weighted by Gasteiger charge is -2.24. The minimum Gasteiger partial charge on any atom is -0.339 e. The molecule has 1 aliphatic heterocycles. The summed E-state index contributed by atoms with van der Waals surface area (Å²) in [5, 5.41) is 3.44. The van der Waals surface area contributed by atoms with E-state index in [1.165, 1.54) is 6.42 Å². The van der Waals surface area contributed by atoms with Gasteiger partial charge in [0.1, 0.15) is 17.7 Å². The van der Waals surface area contributed by atoms with Gasteiger partial charge in [-0.3, -0.25) is 0 Å². The van der Waals surface area contributed by atoms with Gasteiger partial charge in [-0.1, -0.05) is 13.3 Å². The highest BCUT2D eigenvalue weighted by atomic mass is 15.1. The van der Waals surface area contributed by atoms with E-state index >= 15 is 0 Å². The maximum absolute atomic E-state index is 4.64. The van der Waals surface area contributed by atoms with Crippen LogP contribution in [0.1, 0.15) is 32.0 Å². The highest BCUT2D eigenvalue weighted by Gasteiger charge is 2.37. The lowest BCUT2D eigenvalue weighted by molar-refractivity contribution is 0.406. The van der Waals surface area contributed by atoms with Gasteiger partial charge in [-0.05, 0) is 19.4 Å². The Morgan fingerprint density at radius 1 is 1.47 bits per heavy atom. The maximum atomic E-state index is 4.64. The first kappa shape index (κ1) is 10.7. The normalized spacial score (nSPS) is 24.5. The van der Waals surface area contributed by atoms with Crippen LogP contribution in [0.5, 0.6) is 0 Å². The second-order valence-electron chi connectivity index (χ2n) is 4.80. The van der Waals surface area contributed by atoms with E-state index in [9.17, 15) is 0 Å². The zero-order valence-electron chi connectivity index (χ0n) is 10.0. The third-order valence-electron chi connectivity index (χ3n) is 3.64. The van der Waals surface area contributed by atoms with Gasteiger partial charge in [0, 0.05) is 12.0 Å². The molecule has 0 spiro atoms. The van der Waals surface area contributed by atoms with Crippen molar-refractivity contribution >= 4 is 11.2 Å². The Hall–Kier alpha value is -1.49. The van der Waals surface area contributed by atoms with Crippen molar-refractivity contribution in [3.8, 4) is 0 Å². The first-order valence-corrected chi connectivity index (χ1v) is 6.21. The van der Waals surface area contributed by atoms with Crippen molar-refractivity contribution in [2.75, 3.05) is 13.1 Å². The molecule has 0 amide bonds. The molecule has 0 radical (unpaired) electrons. The van der Waals surface area contributed by atoms with Crippen LogP contribution in [0.25, 0.3) is 11.2 Å². The van der Waals surface area contributed by atoms with Crippen LogP contribution in [0.4, 0.5) is 0 Å². The van der Waals surface area contributed by atoms with Gasteiger partial charge < -0.3 is 10.3 Å². The van der Waals surface area contributed by atoms with Crippen LogP contribution >= 0.6 is 0 Å². The molecule has 1 saturated heterocycles. The van der Waals surface area contributed by atoms with Gasteiger partial charge in [0.15, 0.2) is 5.65 Å². The average Bonchev–Trinajstić information content (AvgIpc) is 2.95. The number of rotatable bonds is 3. The fraction of sp³-hybridized carbons (Fsp3) is 0.583. The molecule has 0 saturated carbocycles. The van der Waals surface area contributed by atoms with Gasteiger partial charge in [-0.25, -0.2) is 15.0 Å². The van der Waals surface area contributed by atoms with Crippen LogP contribution in [0.15, 0.2) is 12.5 Å². The molecule has 3 heterocycles. The maximum Gasteiger partial charge on any atom is 0.180 e. The van der Waals surface area contributed by atoms with E-state index in [0.29, 0.717) is 0 Å². The minimum absolute atomic E-state index is 0.162. The zero-order chi connectivity index (χ0) is 11.7. The second-order valence-corrected chi connectivity index (χ2v) is 4.80. The van der Waals surface area contributed by atoms with Crippen LogP contribution in [0.3, 0.4) is 0 Å². The molecule has 1 unspecified atom stereocenters. The highest BCUT2D eigenvalue weighted by molar-refractivity contribution is 5.69. The summed E-state index contributed by atoms with van der Waals surface area (Å²) in [6, 6.07) is 0. The molecule has 1 atom stereocenters. The Kier molecular flexibility index (Phi) is 2.55. The summed E-state index contributed by atoms with van der Waals surface area (Å²) in [7, 11) is 0. The molecule has 3 rings (SSSR count). The van der Waals surface area contributed by atoms with E-state index in [1.807, 2.05) is 0 Å². The molecule has 2 N–H and O–H groups in total. The smallest absolute Gasteiger partial charge is 0.180 e. The van der Waals surface area contributed by atoms with Gasteiger partial charge in [-0.2, -0.15) is 0 Å². The monoisotopic (exact) mass is 231 g/mol. The molecule has 2 aromatic heterocycles. The van der Waals surface area contributed by atoms with Crippen LogP contribution in [-0.4, -0.2) is 33.0 Å². The number of aromatic amines is 1. The van der Waals surface area contributed by atoms with Crippen molar-refractivity contribution in [1.82, 2.24) is 25.3 Å². The third-order valence-corrected chi connectivity index (χ3v) is 3.64. The van der Waals surface area contributed by atoms with E-state index in [2.05, 4.69) is 32.2 Å². The van der Waals surface area contributed by atoms with Gasteiger partial charge >= 0.3 is 0 Å². The Morgan fingerprint density at radius 3 is 3.12 bits per heavy atom. The number of nitrogens with one attached hydrogen (secondary N) is 2. The summed E-state index contributed by atoms with van der Waals surface area (Å²) in [6.45, 7) is 4.30. The Bertz CT molecular complexity index is 479. The molecule has 5 nitrogen and oxygen atoms in total. The van der Waals surface area contributed by atoms with Crippen molar-refractivity contribution in [2.24, 2.45) is 0 Å². The van der Waals surface area contributed by atoms with Crippen molar-refractivity contribution in [2.45, 2.75) is 31.6 Å². The molecule has 1 aliphatic rings. The number of fused-ring (bicyclic) bond motifs is 1. The quantitative estimate of drug-likeness (QED) is 0.837. The number of imidazole rings is 1. The summed E-state index contributed by atoms with van der Waals surface area (Å²) in [6.07, 6.45) is 6.82. The number of nitrogens with zero attached hydrogens (tertiary/aromatic N) is 3. The number of hydrogen-bond acceptors (Lipinski definition) is 4. The van der Waals surface area contributed by atoms with Gasteiger partial charge in [0.05, 0.1) is 6.20 Å². The molecular formula is C12H17N5. The second kappa shape index (κ2) is 4.07. The van der Waals surface area contributed by atoms with Gasteiger partial charge in [-0.15, -0.1) is 0 Å². The van der Waals surface area contributed by atoms with Crippen LogP contribution < -0.4 is 5.32 Å². The van der Waals surface area contributed by atoms with Crippen LogP contribution in [-0.2, 0) is 5.41 Å². The van der Waals surface area contributed by atoms with E-state index in [4.69, 9.17) is 0 Å². The molecule has 17 heavy (non-hydrogen) atoms. The molecule has 90 valence electrons. The summed E-state index contributed by atoms with van der Waals surface area (Å²) >= 11 is 0. The zero-order valence-corrected chi connectivity index (χ0v) is 10.0. The van der Waals surface area contributed by atoms with Crippen LogP contribution in [0, 0.1) is 0 Å². The standard InChI is InChI=1S/C12H17N5/c1-2-3-12(4-5-13-7-12)11-16-9-6-14-8-15-10(9)17-11/h6,8,13H,2-5,7H2,1H3,(H,14,15,16,17). The van der Waals surface area contributed by atoms with Crippen molar-refractivity contribution in [3.63, 3.8) is 0 Å². The van der Waals surface area contributed by atoms with E-state index < -0.39 is 0 Å². The van der Waals surface area contributed by atoms with E-state index in [1.54, 1.807) is 12.5 Å². The number of hydrogen-bond donors (Lipinski definition) is 2. The summed E-state index contributed by atoms with van der Waals surface area (Å²) in [4.78, 5) is 16.2. The Balaban J connectivity index is 2.05. The van der Waals surface area contributed by atoms with Gasteiger partial charge in [0.2, 0.25) is 0 Å². The lowest BCUT2D eigenvalue weighted by atomic mass is 9.82. The molecule has 1 fully saturated rings. The summed E-state index contributed by atoms with van der Waals surface area (Å²) in [5.74, 6) is 1.07. The SMILES string of the molecule is CCCC1(c2nc3ncncc3[nH]2)CCNC1. The molecule has 0 aromatic carbocycles. The Morgan fingerprint density at radius 2 is 2.41 bits per heavy atom. The number of H-pyrrole nitrogens is 1. The fourth-order valence-corrected chi connectivity index (χ4v) is 2.77. The van der Waals surface area contributed by atoms with Crippen molar-refractivity contribution in [1.29, 1.82) is 0 Å². The molecular weight excluding hydrogens is 214 g/mol. The molecule has 0 bridgehead atoms. The molecule has 5 heteroatoms.